The van der Waals surface area contributed by atoms with E-state index in [9.17, 15) is 4.79 Å². The molecule has 0 amide bonds. The molecular formula is C21H23BrN2O. The van der Waals surface area contributed by atoms with E-state index >= 15 is 0 Å². The molecule has 0 bridgehead atoms. The molecule has 3 aromatic rings. The Morgan fingerprint density at radius 1 is 1.00 bits per heavy atom. The van der Waals surface area contributed by atoms with E-state index in [0.29, 0.717) is 13.0 Å². The Morgan fingerprint density at radius 3 is 2.36 bits per heavy atom. The van der Waals surface area contributed by atoms with Crippen molar-refractivity contribution in [2.75, 3.05) is 0 Å². The van der Waals surface area contributed by atoms with Crippen LogP contribution < -0.4 is 21.5 Å². The van der Waals surface area contributed by atoms with Gasteiger partial charge in [-0.25, -0.2) is 9.13 Å². The van der Waals surface area contributed by atoms with Gasteiger partial charge in [0.15, 0.2) is 5.78 Å². The largest absolute Gasteiger partial charge is 1.00 e. The van der Waals surface area contributed by atoms with Gasteiger partial charge < -0.3 is 17.0 Å². The summed E-state index contributed by atoms with van der Waals surface area (Å²) in [5.74, 6) is 0.231. The molecule has 0 fully saturated rings. The third kappa shape index (κ3) is 5.13. The molecule has 1 heterocycles. The number of hydrogen-bond donors (Lipinski definition) is 0. The third-order valence-electron chi connectivity index (χ3n) is 4.33. The van der Waals surface area contributed by atoms with Gasteiger partial charge in [-0.1, -0.05) is 48.5 Å². The maximum atomic E-state index is 12.4. The average Bonchev–Trinajstić information content (AvgIpc) is 2.99. The fourth-order valence-electron chi connectivity index (χ4n) is 3.00. The van der Waals surface area contributed by atoms with Crippen molar-refractivity contribution in [3.05, 3.63) is 89.5 Å². The van der Waals surface area contributed by atoms with Crippen molar-refractivity contribution in [2.45, 2.75) is 33.4 Å². The zero-order valence-corrected chi connectivity index (χ0v) is 16.2. The molecule has 0 spiro atoms. The van der Waals surface area contributed by atoms with Gasteiger partial charge in [-0.2, -0.15) is 0 Å². The van der Waals surface area contributed by atoms with Crippen molar-refractivity contribution in [3.63, 3.8) is 0 Å². The number of aryl methyl sites for hydroxylation is 2. The minimum Gasteiger partial charge on any atom is -1.00 e. The number of imidazole rings is 1. The van der Waals surface area contributed by atoms with Crippen LogP contribution in [0, 0.1) is 13.8 Å². The summed E-state index contributed by atoms with van der Waals surface area (Å²) in [5, 5.41) is 0. The Morgan fingerprint density at radius 2 is 1.68 bits per heavy atom. The molecule has 2 aromatic carbocycles. The van der Waals surface area contributed by atoms with E-state index in [0.717, 1.165) is 12.1 Å². The van der Waals surface area contributed by atoms with Gasteiger partial charge in [0.1, 0.15) is 25.5 Å². The van der Waals surface area contributed by atoms with E-state index in [2.05, 4.69) is 42.7 Å². The summed E-state index contributed by atoms with van der Waals surface area (Å²) in [7, 11) is 0. The van der Waals surface area contributed by atoms with Gasteiger partial charge >= 0.3 is 0 Å². The Bertz CT molecular complexity index is 820. The van der Waals surface area contributed by atoms with Crippen LogP contribution in [-0.2, 0) is 24.3 Å². The molecular weight excluding hydrogens is 376 g/mol. The van der Waals surface area contributed by atoms with Crippen LogP contribution in [0.4, 0.5) is 0 Å². The molecule has 0 N–H and O–H groups in total. The van der Waals surface area contributed by atoms with Crippen molar-refractivity contribution in [2.24, 2.45) is 0 Å². The standard InChI is InChI=1S/C21H23N2O.BrH/c1-17-7-6-8-18(2)21(17)13-20(24)15-23-12-11-22(16-23)14-19-9-4-3-5-10-19;/h3-12,16H,13-15H2,1-2H3;1H/q+1;/p-1. The van der Waals surface area contributed by atoms with Gasteiger partial charge in [-0.15, -0.1) is 0 Å². The number of aromatic nitrogens is 2. The van der Waals surface area contributed by atoms with Crippen LogP contribution in [0.5, 0.6) is 0 Å². The second-order valence-corrected chi connectivity index (χ2v) is 6.33. The van der Waals surface area contributed by atoms with Gasteiger partial charge in [0, 0.05) is 6.42 Å². The summed E-state index contributed by atoms with van der Waals surface area (Å²) >= 11 is 0. The van der Waals surface area contributed by atoms with E-state index in [1.54, 1.807) is 0 Å². The number of carbonyl (C=O) groups is 1. The monoisotopic (exact) mass is 398 g/mol. The molecule has 1 aromatic heterocycles. The first kappa shape index (κ1) is 19.1. The number of Topliss-reactive ketones (excluding diaryl/α,β-unsaturated/α-hetero) is 1. The number of nitrogens with zero attached hydrogens (tertiary/aromatic N) is 2. The lowest BCUT2D eigenvalue weighted by atomic mass is 9.98. The highest BCUT2D eigenvalue weighted by Gasteiger charge is 2.13. The number of hydrogen-bond acceptors (Lipinski definition) is 1. The van der Waals surface area contributed by atoms with Crippen molar-refractivity contribution in [1.82, 2.24) is 4.57 Å². The summed E-state index contributed by atoms with van der Waals surface area (Å²) < 4.78 is 4.06. The van der Waals surface area contributed by atoms with Crippen LogP contribution in [0.25, 0.3) is 0 Å². The molecule has 4 heteroatoms. The molecule has 0 radical (unpaired) electrons. The minimum atomic E-state index is 0. The molecule has 0 aliphatic rings. The van der Waals surface area contributed by atoms with E-state index in [-0.39, 0.29) is 22.8 Å². The first-order chi connectivity index (χ1) is 11.6. The van der Waals surface area contributed by atoms with E-state index in [4.69, 9.17) is 0 Å². The normalized spacial score (nSPS) is 10.3. The van der Waals surface area contributed by atoms with E-state index in [1.165, 1.54) is 16.7 Å². The number of benzene rings is 2. The van der Waals surface area contributed by atoms with Gasteiger partial charge in [0.05, 0.1) is 0 Å². The van der Waals surface area contributed by atoms with Crippen molar-refractivity contribution >= 4 is 5.78 Å². The summed E-state index contributed by atoms with van der Waals surface area (Å²) in [6, 6.07) is 16.5. The number of carbonyl (C=O) groups excluding carboxylic acids is 1. The van der Waals surface area contributed by atoms with E-state index in [1.807, 2.05) is 47.6 Å². The maximum absolute atomic E-state index is 12.4. The number of halogens is 1. The molecule has 0 atom stereocenters. The van der Waals surface area contributed by atoms with Gasteiger partial charge in [0.2, 0.25) is 6.33 Å². The smallest absolute Gasteiger partial charge is 0.244 e. The Labute approximate surface area is 159 Å². The molecule has 25 heavy (non-hydrogen) atoms. The highest BCUT2D eigenvalue weighted by Crippen LogP contribution is 2.14. The Hall–Kier alpha value is -2.20. The first-order valence-corrected chi connectivity index (χ1v) is 8.27. The highest BCUT2D eigenvalue weighted by atomic mass is 79.9. The topological polar surface area (TPSA) is 25.9 Å². The van der Waals surface area contributed by atoms with Crippen LogP contribution in [0.2, 0.25) is 0 Å². The molecule has 0 unspecified atom stereocenters. The molecule has 3 nitrogen and oxygen atoms in total. The molecule has 0 aliphatic carbocycles. The fourth-order valence-corrected chi connectivity index (χ4v) is 3.00. The predicted molar refractivity (Wildman–Crippen MR) is 94.8 cm³/mol. The lowest BCUT2D eigenvalue weighted by Crippen LogP contribution is -3.00. The van der Waals surface area contributed by atoms with Crippen molar-refractivity contribution < 1.29 is 26.3 Å². The SMILES string of the molecule is Cc1cccc(C)c1CC(=O)Cn1cc[n+](Cc2ccccc2)c1.[Br-]. The zero-order valence-electron chi connectivity index (χ0n) is 14.7. The maximum Gasteiger partial charge on any atom is 0.244 e. The second-order valence-electron chi connectivity index (χ2n) is 6.33. The molecule has 0 aliphatic heterocycles. The van der Waals surface area contributed by atoms with Gasteiger partial charge in [-0.05, 0) is 36.1 Å². The predicted octanol–water partition coefficient (Wildman–Crippen LogP) is 0.257. The van der Waals surface area contributed by atoms with Gasteiger partial charge in [-0.3, -0.25) is 4.79 Å². The van der Waals surface area contributed by atoms with Crippen molar-refractivity contribution in [1.29, 1.82) is 0 Å². The molecule has 0 saturated carbocycles. The first-order valence-electron chi connectivity index (χ1n) is 8.27. The number of rotatable bonds is 6. The highest BCUT2D eigenvalue weighted by molar-refractivity contribution is 5.81. The molecule has 0 saturated heterocycles. The van der Waals surface area contributed by atoms with Gasteiger partial charge in [0.25, 0.3) is 0 Å². The Kier molecular flexibility index (Phi) is 6.71. The molecule has 3 rings (SSSR count). The van der Waals surface area contributed by atoms with Crippen molar-refractivity contribution in [3.8, 4) is 0 Å². The minimum absolute atomic E-state index is 0. The van der Waals surface area contributed by atoms with Crippen LogP contribution in [-0.4, -0.2) is 10.4 Å². The Balaban J connectivity index is 0.00000225. The quantitative estimate of drug-likeness (QED) is 0.546. The lowest BCUT2D eigenvalue weighted by Gasteiger charge is -2.07. The van der Waals surface area contributed by atoms with Crippen LogP contribution >= 0.6 is 0 Å². The molecule has 130 valence electrons. The van der Waals surface area contributed by atoms with Crippen LogP contribution in [0.1, 0.15) is 22.3 Å². The zero-order chi connectivity index (χ0) is 16.9. The van der Waals surface area contributed by atoms with E-state index < -0.39 is 0 Å². The number of ketones is 1. The fraction of sp³-hybridized carbons (Fsp3) is 0.238. The second kappa shape index (κ2) is 8.77. The van der Waals surface area contributed by atoms with Crippen LogP contribution in [0.15, 0.2) is 67.3 Å². The summed E-state index contributed by atoms with van der Waals surface area (Å²) in [4.78, 5) is 12.4. The summed E-state index contributed by atoms with van der Waals surface area (Å²) in [6.07, 6.45) is 6.47. The summed E-state index contributed by atoms with van der Waals surface area (Å²) in [5.41, 5.74) is 4.79. The third-order valence-corrected chi connectivity index (χ3v) is 4.33. The average molecular weight is 399 g/mol. The lowest BCUT2D eigenvalue weighted by molar-refractivity contribution is -0.687. The van der Waals surface area contributed by atoms with Crippen LogP contribution in [0.3, 0.4) is 0 Å². The summed E-state index contributed by atoms with van der Waals surface area (Å²) in [6.45, 7) is 5.37.